The molecule has 0 aliphatic rings. The summed E-state index contributed by atoms with van der Waals surface area (Å²) in [5, 5.41) is 9.38. The maximum Gasteiger partial charge on any atom is 0.306 e. The SMILES string of the molecule is CCCCCCCCCC/C=C\CCCCCCCCCCCC(=O)OC(CO)COC(=O)CCCCC. The fourth-order valence-electron chi connectivity index (χ4n) is 4.55. The first kappa shape index (κ1) is 36.6. The van der Waals surface area contributed by atoms with Crippen LogP contribution in [0.4, 0.5) is 0 Å². The Balaban J connectivity index is 3.43. The molecule has 0 heterocycles. The van der Waals surface area contributed by atoms with Crippen LogP contribution in [0.5, 0.6) is 0 Å². The van der Waals surface area contributed by atoms with Crippen LogP contribution >= 0.6 is 0 Å². The fraction of sp³-hybridized carbons (Fsp3) is 0.879. The number of allylic oxidation sites excluding steroid dienone is 2. The lowest BCUT2D eigenvalue weighted by atomic mass is 10.1. The minimum Gasteiger partial charge on any atom is -0.462 e. The van der Waals surface area contributed by atoms with Crippen molar-refractivity contribution < 1.29 is 24.2 Å². The second-order valence-electron chi connectivity index (χ2n) is 10.9. The Morgan fingerprint density at radius 1 is 0.579 bits per heavy atom. The van der Waals surface area contributed by atoms with Gasteiger partial charge in [-0.25, -0.2) is 0 Å². The summed E-state index contributed by atoms with van der Waals surface area (Å²) in [6.07, 6.45) is 32.0. The summed E-state index contributed by atoms with van der Waals surface area (Å²) in [4.78, 5) is 23.6. The van der Waals surface area contributed by atoms with Crippen molar-refractivity contribution in [1.29, 1.82) is 0 Å². The minimum atomic E-state index is -0.761. The van der Waals surface area contributed by atoms with E-state index in [1.54, 1.807) is 0 Å². The molecule has 0 aromatic carbocycles. The van der Waals surface area contributed by atoms with Gasteiger partial charge in [-0.05, 0) is 38.5 Å². The zero-order valence-electron chi connectivity index (χ0n) is 25.2. The summed E-state index contributed by atoms with van der Waals surface area (Å²) in [7, 11) is 0. The molecule has 0 aromatic rings. The fourth-order valence-corrected chi connectivity index (χ4v) is 4.55. The third-order valence-electron chi connectivity index (χ3n) is 7.06. The second kappa shape index (κ2) is 30.2. The van der Waals surface area contributed by atoms with E-state index >= 15 is 0 Å². The van der Waals surface area contributed by atoms with Crippen LogP contribution in [0.2, 0.25) is 0 Å². The molecule has 0 aliphatic heterocycles. The molecule has 5 heteroatoms. The highest BCUT2D eigenvalue weighted by molar-refractivity contribution is 5.70. The monoisotopic (exact) mass is 538 g/mol. The predicted molar refractivity (Wildman–Crippen MR) is 159 cm³/mol. The van der Waals surface area contributed by atoms with Crippen molar-refractivity contribution in [1.82, 2.24) is 0 Å². The lowest BCUT2D eigenvalue weighted by Gasteiger charge is -2.15. The topological polar surface area (TPSA) is 72.8 Å². The van der Waals surface area contributed by atoms with Crippen molar-refractivity contribution in [3.63, 3.8) is 0 Å². The Hall–Kier alpha value is -1.36. The van der Waals surface area contributed by atoms with E-state index in [0.717, 1.165) is 38.5 Å². The molecule has 0 bridgehead atoms. The third kappa shape index (κ3) is 27.7. The zero-order valence-corrected chi connectivity index (χ0v) is 25.2. The number of esters is 2. The molecular formula is C33H62O5. The highest BCUT2D eigenvalue weighted by Crippen LogP contribution is 2.13. The molecular weight excluding hydrogens is 476 g/mol. The van der Waals surface area contributed by atoms with Gasteiger partial charge in [0.05, 0.1) is 6.61 Å². The summed E-state index contributed by atoms with van der Waals surface area (Å²) in [5.41, 5.74) is 0. The Labute approximate surface area is 235 Å². The van der Waals surface area contributed by atoms with E-state index in [1.807, 2.05) is 0 Å². The van der Waals surface area contributed by atoms with Crippen LogP contribution in [0.3, 0.4) is 0 Å². The van der Waals surface area contributed by atoms with Crippen molar-refractivity contribution >= 4 is 11.9 Å². The van der Waals surface area contributed by atoms with Gasteiger partial charge in [-0.2, -0.15) is 0 Å². The molecule has 0 fully saturated rings. The van der Waals surface area contributed by atoms with Gasteiger partial charge in [0.1, 0.15) is 6.61 Å². The van der Waals surface area contributed by atoms with Crippen LogP contribution in [0.15, 0.2) is 12.2 Å². The van der Waals surface area contributed by atoms with Crippen LogP contribution in [0.25, 0.3) is 0 Å². The average Bonchev–Trinajstić information content (AvgIpc) is 2.92. The maximum atomic E-state index is 12.0. The third-order valence-corrected chi connectivity index (χ3v) is 7.06. The van der Waals surface area contributed by atoms with Crippen LogP contribution in [0, 0.1) is 0 Å². The van der Waals surface area contributed by atoms with E-state index in [0.29, 0.717) is 12.8 Å². The molecule has 0 aromatic heterocycles. The number of unbranched alkanes of at least 4 members (excludes halogenated alkanes) is 19. The molecule has 0 radical (unpaired) electrons. The highest BCUT2D eigenvalue weighted by atomic mass is 16.6. The number of carbonyl (C=O) groups is 2. The number of aliphatic hydroxyl groups is 1. The van der Waals surface area contributed by atoms with Gasteiger partial charge < -0.3 is 14.6 Å². The largest absolute Gasteiger partial charge is 0.462 e. The van der Waals surface area contributed by atoms with Crippen molar-refractivity contribution in [2.75, 3.05) is 13.2 Å². The summed E-state index contributed by atoms with van der Waals surface area (Å²) >= 11 is 0. The van der Waals surface area contributed by atoms with Crippen molar-refractivity contribution in [2.24, 2.45) is 0 Å². The first-order valence-electron chi connectivity index (χ1n) is 16.2. The standard InChI is InChI=1S/C33H62O5/c1-3-5-7-8-9-10-11-12-13-14-15-16-17-18-19-20-21-22-23-24-26-28-33(36)38-31(29-34)30-37-32(35)27-25-6-4-2/h14-15,31,34H,3-13,16-30H2,1-2H3/b15-14-. The average molecular weight is 539 g/mol. The Kier molecular flexibility index (Phi) is 29.1. The van der Waals surface area contributed by atoms with Gasteiger partial charge in [0, 0.05) is 12.8 Å². The molecule has 0 spiro atoms. The number of rotatable bonds is 29. The normalized spacial score (nSPS) is 12.2. The number of carbonyl (C=O) groups excluding carboxylic acids is 2. The smallest absolute Gasteiger partial charge is 0.306 e. The van der Waals surface area contributed by atoms with Crippen LogP contribution < -0.4 is 0 Å². The van der Waals surface area contributed by atoms with E-state index in [2.05, 4.69) is 26.0 Å². The first-order valence-corrected chi connectivity index (χ1v) is 16.2. The molecule has 1 atom stereocenters. The molecule has 0 rings (SSSR count). The predicted octanol–water partition coefficient (Wildman–Crippen LogP) is 9.39. The number of aliphatic hydroxyl groups excluding tert-OH is 1. The van der Waals surface area contributed by atoms with Crippen molar-refractivity contribution in [3.05, 3.63) is 12.2 Å². The van der Waals surface area contributed by atoms with E-state index in [1.165, 1.54) is 103 Å². The molecule has 1 unspecified atom stereocenters. The van der Waals surface area contributed by atoms with Gasteiger partial charge >= 0.3 is 11.9 Å². The van der Waals surface area contributed by atoms with Gasteiger partial charge in [0.2, 0.25) is 0 Å². The number of ether oxygens (including phenoxy) is 2. The molecule has 1 N–H and O–H groups in total. The first-order chi connectivity index (χ1) is 18.6. The summed E-state index contributed by atoms with van der Waals surface area (Å²) < 4.78 is 10.4. The van der Waals surface area contributed by atoms with E-state index in [-0.39, 0.29) is 25.2 Å². The number of hydrogen-bond acceptors (Lipinski definition) is 5. The van der Waals surface area contributed by atoms with Crippen molar-refractivity contribution in [3.8, 4) is 0 Å². The summed E-state index contributed by atoms with van der Waals surface area (Å²) in [6, 6.07) is 0. The lowest BCUT2D eigenvalue weighted by molar-refractivity contribution is -0.161. The molecule has 0 aliphatic carbocycles. The van der Waals surface area contributed by atoms with Gasteiger partial charge in [0.15, 0.2) is 6.10 Å². The van der Waals surface area contributed by atoms with Gasteiger partial charge in [-0.1, -0.05) is 129 Å². The van der Waals surface area contributed by atoms with Gasteiger partial charge in [-0.15, -0.1) is 0 Å². The second-order valence-corrected chi connectivity index (χ2v) is 10.9. The van der Waals surface area contributed by atoms with Gasteiger partial charge in [0.25, 0.3) is 0 Å². The van der Waals surface area contributed by atoms with Crippen LogP contribution in [-0.2, 0) is 19.1 Å². The van der Waals surface area contributed by atoms with E-state index in [4.69, 9.17) is 9.47 Å². The lowest BCUT2D eigenvalue weighted by Crippen LogP contribution is -2.28. The molecule has 0 amide bonds. The summed E-state index contributed by atoms with van der Waals surface area (Å²) in [5.74, 6) is -0.618. The molecule has 38 heavy (non-hydrogen) atoms. The van der Waals surface area contributed by atoms with E-state index in [9.17, 15) is 14.7 Å². The zero-order chi connectivity index (χ0) is 27.9. The molecule has 224 valence electrons. The van der Waals surface area contributed by atoms with Crippen LogP contribution in [-0.4, -0.2) is 36.4 Å². The maximum absolute atomic E-state index is 12.0. The molecule has 0 saturated heterocycles. The quantitative estimate of drug-likeness (QED) is 0.0583. The minimum absolute atomic E-state index is 0.0667. The van der Waals surface area contributed by atoms with Crippen LogP contribution in [0.1, 0.15) is 168 Å². The Morgan fingerprint density at radius 3 is 1.47 bits per heavy atom. The highest BCUT2D eigenvalue weighted by Gasteiger charge is 2.16. The van der Waals surface area contributed by atoms with E-state index < -0.39 is 6.10 Å². The Bertz CT molecular complexity index is 546. The Morgan fingerprint density at radius 2 is 0.974 bits per heavy atom. The summed E-state index contributed by atoms with van der Waals surface area (Å²) in [6.45, 7) is 3.96. The van der Waals surface area contributed by atoms with Crippen molar-refractivity contribution in [2.45, 2.75) is 174 Å². The molecule has 5 nitrogen and oxygen atoms in total. The molecule has 0 saturated carbocycles. The van der Waals surface area contributed by atoms with Gasteiger partial charge in [-0.3, -0.25) is 9.59 Å². The number of hydrogen-bond donors (Lipinski definition) is 1.